The SMILES string of the molecule is CCNc1cccc(CN(Cc2ccco2)C2CC2)n1. The maximum absolute atomic E-state index is 5.47. The molecule has 2 heterocycles. The molecule has 2 aromatic rings. The molecule has 20 heavy (non-hydrogen) atoms. The highest BCUT2D eigenvalue weighted by atomic mass is 16.3. The maximum Gasteiger partial charge on any atom is 0.126 e. The van der Waals surface area contributed by atoms with Crippen LogP contribution in [-0.2, 0) is 13.1 Å². The van der Waals surface area contributed by atoms with Crippen molar-refractivity contribution in [3.05, 3.63) is 48.0 Å². The van der Waals surface area contributed by atoms with Gasteiger partial charge in [-0.2, -0.15) is 0 Å². The molecule has 0 radical (unpaired) electrons. The third-order valence-corrected chi connectivity index (χ3v) is 3.53. The summed E-state index contributed by atoms with van der Waals surface area (Å²) in [5.41, 5.74) is 1.11. The van der Waals surface area contributed by atoms with Crippen molar-refractivity contribution in [3.8, 4) is 0 Å². The van der Waals surface area contributed by atoms with Crippen molar-refractivity contribution in [2.24, 2.45) is 0 Å². The van der Waals surface area contributed by atoms with Gasteiger partial charge in [0.05, 0.1) is 18.5 Å². The van der Waals surface area contributed by atoms with Gasteiger partial charge in [0.25, 0.3) is 0 Å². The van der Waals surface area contributed by atoms with Crippen molar-refractivity contribution < 1.29 is 4.42 Å². The van der Waals surface area contributed by atoms with Gasteiger partial charge in [0, 0.05) is 19.1 Å². The summed E-state index contributed by atoms with van der Waals surface area (Å²) in [7, 11) is 0. The molecule has 1 saturated carbocycles. The van der Waals surface area contributed by atoms with Crippen molar-refractivity contribution in [3.63, 3.8) is 0 Å². The summed E-state index contributed by atoms with van der Waals surface area (Å²) in [6, 6.07) is 10.9. The minimum Gasteiger partial charge on any atom is -0.468 e. The molecule has 0 saturated heterocycles. The average Bonchev–Trinajstić information content (AvgIpc) is 3.18. The molecule has 1 fully saturated rings. The molecular weight excluding hydrogens is 250 g/mol. The smallest absolute Gasteiger partial charge is 0.126 e. The standard InChI is InChI=1S/C16H21N3O/c1-2-17-16-7-3-5-13(18-16)11-19(14-8-9-14)12-15-6-4-10-20-15/h3-7,10,14H,2,8-9,11-12H2,1H3,(H,17,18). The van der Waals surface area contributed by atoms with Crippen LogP contribution in [0.25, 0.3) is 0 Å². The van der Waals surface area contributed by atoms with Crippen molar-refractivity contribution >= 4 is 5.82 Å². The number of anilines is 1. The van der Waals surface area contributed by atoms with Crippen molar-refractivity contribution in [2.75, 3.05) is 11.9 Å². The molecule has 0 aliphatic heterocycles. The summed E-state index contributed by atoms with van der Waals surface area (Å²) in [5.74, 6) is 1.98. The van der Waals surface area contributed by atoms with E-state index in [1.54, 1.807) is 6.26 Å². The molecule has 0 atom stereocenters. The normalized spacial score (nSPS) is 14.7. The summed E-state index contributed by atoms with van der Waals surface area (Å²) in [4.78, 5) is 7.11. The van der Waals surface area contributed by atoms with Crippen LogP contribution in [0.2, 0.25) is 0 Å². The maximum atomic E-state index is 5.47. The first-order chi connectivity index (χ1) is 9.85. The van der Waals surface area contributed by atoms with E-state index in [1.807, 2.05) is 18.2 Å². The third kappa shape index (κ3) is 3.39. The number of hydrogen-bond acceptors (Lipinski definition) is 4. The number of nitrogens with zero attached hydrogens (tertiary/aromatic N) is 2. The third-order valence-electron chi connectivity index (χ3n) is 3.53. The minimum atomic E-state index is 0.685. The van der Waals surface area contributed by atoms with Crippen molar-refractivity contribution in [1.82, 2.24) is 9.88 Å². The van der Waals surface area contributed by atoms with E-state index in [2.05, 4.69) is 34.3 Å². The monoisotopic (exact) mass is 271 g/mol. The average molecular weight is 271 g/mol. The van der Waals surface area contributed by atoms with Gasteiger partial charge in [-0.3, -0.25) is 4.90 Å². The minimum absolute atomic E-state index is 0.685. The molecule has 0 aromatic carbocycles. The second-order valence-corrected chi connectivity index (χ2v) is 5.26. The van der Waals surface area contributed by atoms with Gasteiger partial charge in [-0.1, -0.05) is 6.07 Å². The lowest BCUT2D eigenvalue weighted by Gasteiger charge is -2.20. The van der Waals surface area contributed by atoms with E-state index >= 15 is 0 Å². The molecule has 4 heteroatoms. The van der Waals surface area contributed by atoms with Crippen LogP contribution in [0.1, 0.15) is 31.2 Å². The number of rotatable bonds is 7. The molecule has 2 aromatic heterocycles. The lowest BCUT2D eigenvalue weighted by atomic mass is 10.3. The van der Waals surface area contributed by atoms with Crippen LogP contribution < -0.4 is 5.32 Å². The van der Waals surface area contributed by atoms with Crippen molar-refractivity contribution in [2.45, 2.75) is 38.9 Å². The molecular formula is C16H21N3O. The Labute approximate surface area is 119 Å². The van der Waals surface area contributed by atoms with Crippen LogP contribution >= 0.6 is 0 Å². The molecule has 0 bridgehead atoms. The van der Waals surface area contributed by atoms with Gasteiger partial charge in [0.2, 0.25) is 0 Å². The lowest BCUT2D eigenvalue weighted by molar-refractivity contribution is 0.223. The van der Waals surface area contributed by atoms with E-state index in [-0.39, 0.29) is 0 Å². The second kappa shape index (κ2) is 6.09. The van der Waals surface area contributed by atoms with Gasteiger partial charge in [0.1, 0.15) is 11.6 Å². The molecule has 0 unspecified atom stereocenters. The van der Waals surface area contributed by atoms with E-state index in [1.165, 1.54) is 12.8 Å². The molecule has 4 nitrogen and oxygen atoms in total. The van der Waals surface area contributed by atoms with Gasteiger partial charge in [-0.25, -0.2) is 4.98 Å². The zero-order valence-corrected chi connectivity index (χ0v) is 11.9. The molecule has 0 spiro atoms. The first-order valence-corrected chi connectivity index (χ1v) is 7.31. The summed E-state index contributed by atoms with van der Waals surface area (Å²) in [5, 5.41) is 3.26. The molecule has 1 aliphatic rings. The predicted octanol–water partition coefficient (Wildman–Crippen LogP) is 3.27. The van der Waals surface area contributed by atoms with E-state index < -0.39 is 0 Å². The predicted molar refractivity (Wildman–Crippen MR) is 79.4 cm³/mol. The van der Waals surface area contributed by atoms with Gasteiger partial charge in [-0.15, -0.1) is 0 Å². The van der Waals surface area contributed by atoms with Gasteiger partial charge in [-0.05, 0) is 44.0 Å². The topological polar surface area (TPSA) is 41.3 Å². The van der Waals surface area contributed by atoms with Gasteiger partial charge >= 0.3 is 0 Å². The Balaban J connectivity index is 1.68. The first-order valence-electron chi connectivity index (χ1n) is 7.31. The summed E-state index contributed by atoms with van der Waals surface area (Å²) in [6.45, 7) is 4.73. The molecule has 1 aliphatic carbocycles. The van der Waals surface area contributed by atoms with Gasteiger partial charge < -0.3 is 9.73 Å². The van der Waals surface area contributed by atoms with E-state index in [9.17, 15) is 0 Å². The zero-order valence-electron chi connectivity index (χ0n) is 11.9. The van der Waals surface area contributed by atoms with Crippen molar-refractivity contribution in [1.29, 1.82) is 0 Å². The van der Waals surface area contributed by atoms with E-state index in [4.69, 9.17) is 4.42 Å². The van der Waals surface area contributed by atoms with Crippen LogP contribution in [0, 0.1) is 0 Å². The molecule has 1 N–H and O–H groups in total. The highest BCUT2D eigenvalue weighted by molar-refractivity contribution is 5.35. The Morgan fingerprint density at radius 1 is 1.25 bits per heavy atom. The fraction of sp³-hybridized carbons (Fsp3) is 0.438. The quantitative estimate of drug-likeness (QED) is 0.839. The Bertz CT molecular complexity index is 534. The van der Waals surface area contributed by atoms with Crippen LogP contribution in [-0.4, -0.2) is 22.5 Å². The Kier molecular flexibility index (Phi) is 4.02. The Morgan fingerprint density at radius 3 is 2.85 bits per heavy atom. The van der Waals surface area contributed by atoms with Gasteiger partial charge in [0.15, 0.2) is 0 Å². The first kappa shape index (κ1) is 13.2. The van der Waals surface area contributed by atoms with Crippen LogP contribution in [0.3, 0.4) is 0 Å². The van der Waals surface area contributed by atoms with Crippen LogP contribution in [0.5, 0.6) is 0 Å². The number of hydrogen-bond donors (Lipinski definition) is 1. The largest absolute Gasteiger partial charge is 0.468 e. The molecule has 0 amide bonds. The molecule has 106 valence electrons. The number of aromatic nitrogens is 1. The fourth-order valence-electron chi connectivity index (χ4n) is 2.41. The summed E-state index contributed by atoms with van der Waals surface area (Å²) >= 11 is 0. The number of pyridine rings is 1. The second-order valence-electron chi connectivity index (χ2n) is 5.26. The van der Waals surface area contributed by atoms with E-state index in [0.717, 1.165) is 36.9 Å². The Morgan fingerprint density at radius 2 is 2.15 bits per heavy atom. The van der Waals surface area contributed by atoms with Crippen LogP contribution in [0.4, 0.5) is 5.82 Å². The Hall–Kier alpha value is -1.81. The highest BCUT2D eigenvalue weighted by Crippen LogP contribution is 2.29. The molecule has 3 rings (SSSR count). The highest BCUT2D eigenvalue weighted by Gasteiger charge is 2.29. The van der Waals surface area contributed by atoms with Crippen LogP contribution in [0.15, 0.2) is 41.0 Å². The summed E-state index contributed by atoms with van der Waals surface area (Å²) in [6.07, 6.45) is 4.31. The zero-order chi connectivity index (χ0) is 13.8. The number of furan rings is 1. The lowest BCUT2D eigenvalue weighted by Crippen LogP contribution is -2.25. The fourth-order valence-corrected chi connectivity index (χ4v) is 2.41. The van der Waals surface area contributed by atoms with E-state index in [0.29, 0.717) is 6.04 Å². The number of nitrogens with one attached hydrogen (secondary N) is 1. The summed E-state index contributed by atoms with van der Waals surface area (Å²) < 4.78 is 5.47.